The highest BCUT2D eigenvalue weighted by Gasteiger charge is 2.06. The van der Waals surface area contributed by atoms with Crippen LogP contribution in [0.4, 0.5) is 0 Å². The Morgan fingerprint density at radius 1 is 1.00 bits per heavy atom. The van der Waals surface area contributed by atoms with Gasteiger partial charge in [-0.2, -0.15) is 0 Å². The Labute approximate surface area is 127 Å². The van der Waals surface area contributed by atoms with Crippen LogP contribution >= 0.6 is 0 Å². The maximum Gasteiger partial charge on any atom is 0.188 e. The Morgan fingerprint density at radius 3 is 2.48 bits per heavy atom. The van der Waals surface area contributed by atoms with Crippen LogP contribution in [-0.2, 0) is 4.74 Å². The van der Waals surface area contributed by atoms with Crippen LogP contribution in [-0.4, -0.2) is 26.8 Å². The molecular weight excluding hydrogens is 268 g/mol. The molecule has 0 aliphatic rings. The second-order valence-electron chi connectivity index (χ2n) is 4.99. The van der Waals surface area contributed by atoms with E-state index in [1.165, 1.54) is 32.1 Å². The molecule has 1 aromatic rings. The van der Waals surface area contributed by atoms with Crippen molar-refractivity contribution in [3.05, 3.63) is 23.8 Å². The van der Waals surface area contributed by atoms with Gasteiger partial charge in [-0.3, -0.25) is 4.79 Å². The molecule has 0 N–H and O–H groups in total. The van der Waals surface area contributed by atoms with Gasteiger partial charge in [0.05, 0.1) is 6.61 Å². The zero-order valence-electron chi connectivity index (χ0n) is 13.1. The second kappa shape index (κ2) is 11.1. The number of carbonyl (C=O) groups excluding carboxylic acids is 1. The molecular formula is C17H26O4. The normalized spacial score (nSPS) is 10.4. The molecule has 1 aromatic carbocycles. The highest BCUT2D eigenvalue weighted by molar-refractivity contribution is 5.76. The minimum atomic E-state index is 0.161. The first-order valence-electron chi connectivity index (χ1n) is 7.65. The number of hydrogen-bond acceptors (Lipinski definition) is 4. The van der Waals surface area contributed by atoms with Crippen molar-refractivity contribution in [1.82, 2.24) is 0 Å². The fourth-order valence-electron chi connectivity index (χ4n) is 2.02. The van der Waals surface area contributed by atoms with Gasteiger partial charge >= 0.3 is 0 Å². The van der Waals surface area contributed by atoms with Crippen LogP contribution in [0.25, 0.3) is 0 Å². The van der Waals surface area contributed by atoms with Gasteiger partial charge in [0.25, 0.3) is 0 Å². The van der Waals surface area contributed by atoms with E-state index in [-0.39, 0.29) is 6.79 Å². The van der Waals surface area contributed by atoms with Crippen molar-refractivity contribution < 1.29 is 19.0 Å². The third kappa shape index (κ3) is 7.14. The van der Waals surface area contributed by atoms with Gasteiger partial charge in [-0.05, 0) is 24.6 Å². The van der Waals surface area contributed by atoms with Gasteiger partial charge in [-0.15, -0.1) is 0 Å². The summed E-state index contributed by atoms with van der Waals surface area (Å²) in [5.74, 6) is 1.21. The van der Waals surface area contributed by atoms with Crippen LogP contribution in [0.3, 0.4) is 0 Å². The second-order valence-corrected chi connectivity index (χ2v) is 4.99. The summed E-state index contributed by atoms with van der Waals surface area (Å²) in [6.45, 7) is 3.01. The van der Waals surface area contributed by atoms with E-state index < -0.39 is 0 Å². The minimum absolute atomic E-state index is 0.161. The minimum Gasteiger partial charge on any atom is -0.490 e. The fraction of sp³-hybridized carbons (Fsp3) is 0.588. The molecule has 0 fully saturated rings. The lowest BCUT2D eigenvalue weighted by molar-refractivity contribution is 0.0485. The Kier molecular flexibility index (Phi) is 9.29. The zero-order chi connectivity index (χ0) is 15.3. The molecule has 0 heterocycles. The predicted octanol–water partition coefficient (Wildman–Crippen LogP) is 4.22. The summed E-state index contributed by atoms with van der Waals surface area (Å²) in [7, 11) is 1.57. The van der Waals surface area contributed by atoms with Gasteiger partial charge in [-0.25, -0.2) is 0 Å². The number of unbranched alkanes of at least 4 members (excludes halogenated alkanes) is 5. The van der Waals surface area contributed by atoms with Crippen molar-refractivity contribution in [2.24, 2.45) is 0 Å². The molecule has 0 atom stereocenters. The molecule has 0 aliphatic carbocycles. The van der Waals surface area contributed by atoms with Gasteiger partial charge in [-0.1, -0.05) is 39.0 Å². The van der Waals surface area contributed by atoms with E-state index in [9.17, 15) is 4.79 Å². The van der Waals surface area contributed by atoms with E-state index in [0.717, 1.165) is 12.7 Å². The summed E-state index contributed by atoms with van der Waals surface area (Å²) in [6.07, 6.45) is 8.09. The zero-order valence-corrected chi connectivity index (χ0v) is 13.1. The van der Waals surface area contributed by atoms with Crippen molar-refractivity contribution >= 4 is 6.29 Å². The topological polar surface area (TPSA) is 44.8 Å². The maximum atomic E-state index is 10.8. The van der Waals surface area contributed by atoms with Crippen molar-refractivity contribution in [2.75, 3.05) is 20.5 Å². The summed E-state index contributed by atoms with van der Waals surface area (Å²) >= 11 is 0. The number of rotatable bonds is 12. The monoisotopic (exact) mass is 294 g/mol. The van der Waals surface area contributed by atoms with Crippen molar-refractivity contribution in [1.29, 1.82) is 0 Å². The molecule has 1 rings (SSSR count). The number of benzene rings is 1. The lowest BCUT2D eigenvalue weighted by Crippen LogP contribution is -2.04. The lowest BCUT2D eigenvalue weighted by atomic mass is 10.1. The Balaban J connectivity index is 2.41. The number of hydrogen-bond donors (Lipinski definition) is 0. The summed E-state index contributed by atoms with van der Waals surface area (Å²) in [5, 5.41) is 0. The van der Waals surface area contributed by atoms with Crippen LogP contribution < -0.4 is 9.47 Å². The van der Waals surface area contributed by atoms with Gasteiger partial charge < -0.3 is 14.2 Å². The summed E-state index contributed by atoms with van der Waals surface area (Å²) in [5.41, 5.74) is 0.581. The third-order valence-corrected chi connectivity index (χ3v) is 3.19. The van der Waals surface area contributed by atoms with Crippen molar-refractivity contribution in [2.45, 2.75) is 45.4 Å². The molecule has 118 valence electrons. The van der Waals surface area contributed by atoms with E-state index in [2.05, 4.69) is 6.92 Å². The van der Waals surface area contributed by atoms with Gasteiger partial charge in [0.2, 0.25) is 0 Å². The number of aldehydes is 1. The van der Waals surface area contributed by atoms with Crippen LogP contribution in [0.5, 0.6) is 11.5 Å². The molecule has 0 spiro atoms. The fourth-order valence-corrected chi connectivity index (χ4v) is 2.02. The highest BCUT2D eigenvalue weighted by Crippen LogP contribution is 2.28. The van der Waals surface area contributed by atoms with Gasteiger partial charge in [0.1, 0.15) is 6.29 Å². The van der Waals surface area contributed by atoms with Gasteiger partial charge in [0.15, 0.2) is 18.3 Å². The van der Waals surface area contributed by atoms with E-state index >= 15 is 0 Å². The molecule has 21 heavy (non-hydrogen) atoms. The maximum absolute atomic E-state index is 10.8. The van der Waals surface area contributed by atoms with E-state index in [4.69, 9.17) is 14.2 Å². The number of methoxy groups -OCH3 is 1. The molecule has 0 aliphatic heterocycles. The average molecular weight is 294 g/mol. The first-order valence-corrected chi connectivity index (χ1v) is 7.65. The Hall–Kier alpha value is -1.55. The molecule has 0 saturated heterocycles. The smallest absolute Gasteiger partial charge is 0.188 e. The van der Waals surface area contributed by atoms with Crippen LogP contribution in [0.1, 0.15) is 55.8 Å². The first kappa shape index (κ1) is 17.5. The molecule has 0 radical (unpaired) electrons. The summed E-state index contributed by atoms with van der Waals surface area (Å²) < 4.78 is 16.1. The van der Waals surface area contributed by atoms with Crippen LogP contribution in [0.2, 0.25) is 0 Å². The average Bonchev–Trinajstić information content (AvgIpc) is 2.52. The molecule has 4 nitrogen and oxygen atoms in total. The third-order valence-electron chi connectivity index (χ3n) is 3.19. The van der Waals surface area contributed by atoms with Crippen molar-refractivity contribution in [3.63, 3.8) is 0 Å². The van der Waals surface area contributed by atoms with E-state index in [1.807, 2.05) is 0 Å². The highest BCUT2D eigenvalue weighted by atomic mass is 16.7. The molecule has 0 aromatic heterocycles. The summed E-state index contributed by atoms with van der Waals surface area (Å²) in [4.78, 5) is 10.8. The predicted molar refractivity (Wildman–Crippen MR) is 83.2 cm³/mol. The molecule has 0 amide bonds. The lowest BCUT2D eigenvalue weighted by Gasteiger charge is -2.12. The standard InChI is InChI=1S/C17H26O4/c1-3-4-5-6-7-8-11-20-17-12-15(13-18)9-10-16(17)21-14-19-2/h9-10,12-13H,3-8,11,14H2,1-2H3. The Morgan fingerprint density at radius 2 is 1.76 bits per heavy atom. The van der Waals surface area contributed by atoms with Crippen molar-refractivity contribution in [3.8, 4) is 11.5 Å². The van der Waals surface area contributed by atoms with E-state index in [0.29, 0.717) is 23.7 Å². The van der Waals surface area contributed by atoms with E-state index in [1.54, 1.807) is 25.3 Å². The number of carbonyl (C=O) groups is 1. The van der Waals surface area contributed by atoms with Crippen LogP contribution in [0.15, 0.2) is 18.2 Å². The molecule has 0 bridgehead atoms. The van der Waals surface area contributed by atoms with Gasteiger partial charge in [0, 0.05) is 12.7 Å². The largest absolute Gasteiger partial charge is 0.490 e. The quantitative estimate of drug-likeness (QED) is 0.329. The molecule has 0 saturated carbocycles. The SMILES string of the molecule is CCCCCCCCOc1cc(C=O)ccc1OCOC. The molecule has 4 heteroatoms. The summed E-state index contributed by atoms with van der Waals surface area (Å²) in [6, 6.07) is 5.14. The Bertz CT molecular complexity index is 404. The molecule has 0 unspecified atom stereocenters. The first-order chi connectivity index (χ1) is 10.3. The van der Waals surface area contributed by atoms with Crippen LogP contribution in [0, 0.1) is 0 Å². The number of ether oxygens (including phenoxy) is 3.